The molecule has 0 aliphatic carbocycles. The summed E-state index contributed by atoms with van der Waals surface area (Å²) in [5.41, 5.74) is 4.72. The summed E-state index contributed by atoms with van der Waals surface area (Å²) in [6.45, 7) is 9.03. The molecule has 202 valence electrons. The number of rotatable bonds is 11. The standard InChI is InChI=1S/C31H32N2O5S/c1-4-7-23-14-22(17-28-30(34)33-31(39-28)32-24-11-8-20(5-2)9-12-24)16-27(35-6-3)29(23)36-18-21-10-13-25-26(15-21)38-19-37-25/h4,8-17,31-32H,1,5-7,18-19H2,2-3H3,(H,33,34)/b28-17-/t31-/m1/s1. The van der Waals surface area contributed by atoms with Crippen molar-refractivity contribution in [3.63, 3.8) is 0 Å². The summed E-state index contributed by atoms with van der Waals surface area (Å²) >= 11 is 1.45. The van der Waals surface area contributed by atoms with Crippen molar-refractivity contribution in [2.45, 2.75) is 38.8 Å². The van der Waals surface area contributed by atoms with E-state index in [-0.39, 0.29) is 18.2 Å². The molecule has 0 saturated carbocycles. The molecular weight excluding hydrogens is 512 g/mol. The van der Waals surface area contributed by atoms with Crippen LogP contribution in [-0.2, 0) is 24.2 Å². The Morgan fingerprint density at radius 2 is 1.85 bits per heavy atom. The lowest BCUT2D eigenvalue weighted by molar-refractivity contribution is -0.116. The van der Waals surface area contributed by atoms with E-state index in [4.69, 9.17) is 18.9 Å². The number of hydrogen-bond donors (Lipinski definition) is 2. The molecule has 0 unspecified atom stereocenters. The normalized spacial score (nSPS) is 16.7. The van der Waals surface area contributed by atoms with Gasteiger partial charge in [-0.3, -0.25) is 4.79 Å². The van der Waals surface area contributed by atoms with Gasteiger partial charge in [-0.15, -0.1) is 6.58 Å². The van der Waals surface area contributed by atoms with Crippen LogP contribution in [-0.4, -0.2) is 24.8 Å². The van der Waals surface area contributed by atoms with E-state index in [0.717, 1.165) is 34.5 Å². The van der Waals surface area contributed by atoms with Crippen LogP contribution in [0.15, 0.2) is 72.2 Å². The summed E-state index contributed by atoms with van der Waals surface area (Å²) in [6.07, 6.45) is 5.29. The maximum Gasteiger partial charge on any atom is 0.260 e. The SMILES string of the molecule is C=CCc1cc(/C=C2\S[C@H](Nc3ccc(CC)cc3)NC2=O)cc(OCC)c1OCc1ccc2c(c1)OCO2. The largest absolute Gasteiger partial charge is 0.490 e. The number of carbonyl (C=O) groups is 1. The Morgan fingerprint density at radius 3 is 2.62 bits per heavy atom. The first-order chi connectivity index (χ1) is 19.1. The van der Waals surface area contributed by atoms with Crippen molar-refractivity contribution in [1.82, 2.24) is 5.32 Å². The number of fused-ring (bicyclic) bond motifs is 1. The van der Waals surface area contributed by atoms with Crippen LogP contribution < -0.4 is 29.6 Å². The minimum absolute atomic E-state index is 0.117. The third-order valence-corrected chi connectivity index (χ3v) is 7.36. The topological polar surface area (TPSA) is 78.1 Å². The van der Waals surface area contributed by atoms with Crippen LogP contribution in [0.1, 0.15) is 36.1 Å². The molecule has 0 aromatic heterocycles. The minimum Gasteiger partial charge on any atom is -0.490 e. The number of aryl methyl sites for hydroxylation is 1. The molecule has 3 aromatic rings. The smallest absolute Gasteiger partial charge is 0.260 e. The third-order valence-electron chi connectivity index (χ3n) is 6.33. The second-order valence-corrected chi connectivity index (χ2v) is 10.2. The van der Waals surface area contributed by atoms with E-state index in [2.05, 4.69) is 36.3 Å². The van der Waals surface area contributed by atoms with E-state index in [1.54, 1.807) is 0 Å². The van der Waals surface area contributed by atoms with Gasteiger partial charge in [0.25, 0.3) is 5.91 Å². The maximum atomic E-state index is 12.8. The van der Waals surface area contributed by atoms with Crippen molar-refractivity contribution in [3.05, 3.63) is 94.4 Å². The summed E-state index contributed by atoms with van der Waals surface area (Å²) in [5.74, 6) is 2.62. The number of allylic oxidation sites excluding steroid dienone is 1. The quantitative estimate of drug-likeness (QED) is 0.217. The molecule has 2 aliphatic heterocycles. The second kappa shape index (κ2) is 12.2. The van der Waals surface area contributed by atoms with Crippen molar-refractivity contribution in [2.24, 2.45) is 0 Å². The summed E-state index contributed by atoms with van der Waals surface area (Å²) < 4.78 is 23.2. The van der Waals surface area contributed by atoms with Crippen molar-refractivity contribution < 1.29 is 23.7 Å². The van der Waals surface area contributed by atoms with Crippen LogP contribution in [0.2, 0.25) is 0 Å². The lowest BCUT2D eigenvalue weighted by atomic mass is 10.0. The number of carbonyl (C=O) groups excluding carboxylic acids is 1. The number of amides is 1. The molecule has 0 radical (unpaired) electrons. The fraction of sp³-hybridized carbons (Fsp3) is 0.258. The highest BCUT2D eigenvalue weighted by Gasteiger charge is 2.27. The van der Waals surface area contributed by atoms with Crippen molar-refractivity contribution in [1.29, 1.82) is 0 Å². The molecule has 1 atom stereocenters. The van der Waals surface area contributed by atoms with Crippen LogP contribution in [0.5, 0.6) is 23.0 Å². The van der Waals surface area contributed by atoms with E-state index >= 15 is 0 Å². The van der Waals surface area contributed by atoms with Gasteiger partial charge in [0.05, 0.1) is 11.5 Å². The second-order valence-electron chi connectivity index (χ2n) is 9.08. The molecular formula is C31H32N2O5S. The molecule has 0 bridgehead atoms. The average Bonchev–Trinajstić information content (AvgIpc) is 3.54. The minimum atomic E-state index is -0.250. The summed E-state index contributed by atoms with van der Waals surface area (Å²) in [7, 11) is 0. The van der Waals surface area contributed by atoms with Gasteiger partial charge in [-0.2, -0.15) is 0 Å². The van der Waals surface area contributed by atoms with Crippen molar-refractivity contribution >= 4 is 29.4 Å². The highest BCUT2D eigenvalue weighted by atomic mass is 32.2. The highest BCUT2D eigenvalue weighted by Crippen LogP contribution is 2.38. The van der Waals surface area contributed by atoms with Gasteiger partial charge in [0.1, 0.15) is 6.61 Å². The van der Waals surface area contributed by atoms with Crippen molar-refractivity contribution in [2.75, 3.05) is 18.7 Å². The van der Waals surface area contributed by atoms with E-state index in [9.17, 15) is 4.79 Å². The predicted octanol–water partition coefficient (Wildman–Crippen LogP) is 6.28. The average molecular weight is 545 g/mol. The van der Waals surface area contributed by atoms with Gasteiger partial charge in [-0.1, -0.05) is 43.0 Å². The molecule has 0 spiro atoms. The Hall–Kier alpha value is -4.04. The number of nitrogens with one attached hydrogen (secondary N) is 2. The number of anilines is 1. The van der Waals surface area contributed by atoms with E-state index < -0.39 is 0 Å². The lowest BCUT2D eigenvalue weighted by Crippen LogP contribution is -2.30. The zero-order valence-electron chi connectivity index (χ0n) is 22.1. The number of thioether (sulfide) groups is 1. The number of benzene rings is 3. The van der Waals surface area contributed by atoms with Gasteiger partial charge in [-0.25, -0.2) is 0 Å². The molecule has 1 fully saturated rings. The number of hydrogen-bond acceptors (Lipinski definition) is 7. The fourth-order valence-electron chi connectivity index (χ4n) is 4.39. The first-order valence-corrected chi connectivity index (χ1v) is 13.9. The molecule has 1 amide bonds. The van der Waals surface area contributed by atoms with Crippen LogP contribution in [0, 0.1) is 0 Å². The van der Waals surface area contributed by atoms with Gasteiger partial charge in [-0.05, 0) is 78.9 Å². The van der Waals surface area contributed by atoms with Gasteiger partial charge >= 0.3 is 0 Å². The van der Waals surface area contributed by atoms with Crippen LogP contribution in [0.4, 0.5) is 5.69 Å². The van der Waals surface area contributed by atoms with E-state index in [1.165, 1.54) is 17.3 Å². The highest BCUT2D eigenvalue weighted by molar-refractivity contribution is 8.05. The Balaban J connectivity index is 1.35. The van der Waals surface area contributed by atoms with Gasteiger partial charge in [0.15, 0.2) is 28.5 Å². The van der Waals surface area contributed by atoms with Crippen LogP contribution in [0.25, 0.3) is 6.08 Å². The first kappa shape index (κ1) is 26.6. The zero-order chi connectivity index (χ0) is 27.2. The monoisotopic (exact) mass is 544 g/mol. The van der Waals surface area contributed by atoms with Crippen LogP contribution >= 0.6 is 11.8 Å². The Bertz CT molecular complexity index is 1390. The maximum absolute atomic E-state index is 12.8. The summed E-state index contributed by atoms with van der Waals surface area (Å²) in [6, 6.07) is 17.9. The molecule has 2 heterocycles. The molecule has 39 heavy (non-hydrogen) atoms. The molecule has 2 aliphatic rings. The predicted molar refractivity (Wildman–Crippen MR) is 155 cm³/mol. The van der Waals surface area contributed by atoms with Crippen LogP contribution in [0.3, 0.4) is 0 Å². The molecule has 5 rings (SSSR count). The fourth-order valence-corrected chi connectivity index (χ4v) is 5.38. The Kier molecular flexibility index (Phi) is 8.32. The first-order valence-electron chi connectivity index (χ1n) is 13.0. The Morgan fingerprint density at radius 1 is 1.05 bits per heavy atom. The molecule has 7 nitrogen and oxygen atoms in total. The lowest BCUT2D eigenvalue weighted by Gasteiger charge is -2.17. The Labute approximate surface area is 233 Å². The van der Waals surface area contributed by atoms with E-state index in [1.807, 2.05) is 61.5 Å². The van der Waals surface area contributed by atoms with Gasteiger partial charge in [0.2, 0.25) is 6.79 Å². The van der Waals surface area contributed by atoms with E-state index in [0.29, 0.717) is 41.8 Å². The number of ether oxygens (including phenoxy) is 4. The van der Waals surface area contributed by atoms with Crippen molar-refractivity contribution in [3.8, 4) is 23.0 Å². The molecule has 8 heteroatoms. The van der Waals surface area contributed by atoms with Gasteiger partial charge in [0, 0.05) is 11.3 Å². The summed E-state index contributed by atoms with van der Waals surface area (Å²) in [5, 5.41) is 6.38. The van der Waals surface area contributed by atoms with Gasteiger partial charge < -0.3 is 29.6 Å². The molecule has 1 saturated heterocycles. The zero-order valence-corrected chi connectivity index (χ0v) is 22.9. The summed E-state index contributed by atoms with van der Waals surface area (Å²) in [4.78, 5) is 13.4. The molecule has 2 N–H and O–H groups in total. The third kappa shape index (κ3) is 6.34. The molecule has 3 aromatic carbocycles.